The van der Waals surface area contributed by atoms with Gasteiger partial charge in [0.25, 0.3) is 5.91 Å². The number of hydrogen-bond acceptors (Lipinski definition) is 4. The van der Waals surface area contributed by atoms with Gasteiger partial charge in [0.1, 0.15) is 0 Å². The summed E-state index contributed by atoms with van der Waals surface area (Å²) in [6, 6.07) is 5.83. The van der Waals surface area contributed by atoms with Crippen LogP contribution in [0.2, 0.25) is 0 Å². The molecule has 1 fully saturated rings. The second-order valence-electron chi connectivity index (χ2n) is 5.17. The summed E-state index contributed by atoms with van der Waals surface area (Å²) < 4.78 is 11.2. The van der Waals surface area contributed by atoms with E-state index in [0.29, 0.717) is 11.5 Å². The molecule has 0 bridgehead atoms. The van der Waals surface area contributed by atoms with Crippen LogP contribution in [0.4, 0.5) is 0 Å². The van der Waals surface area contributed by atoms with Crippen LogP contribution in [0.15, 0.2) is 18.2 Å². The van der Waals surface area contributed by atoms with Crippen molar-refractivity contribution in [2.45, 2.75) is 26.4 Å². The van der Waals surface area contributed by atoms with Crippen LogP contribution in [0.25, 0.3) is 0 Å². The fourth-order valence-electron chi connectivity index (χ4n) is 2.41. The first kappa shape index (κ1) is 15.6. The number of benzene rings is 1. The zero-order chi connectivity index (χ0) is 15.2. The van der Waals surface area contributed by atoms with E-state index in [1.54, 1.807) is 14.0 Å². The minimum Gasteiger partial charge on any atom is -0.493 e. The molecule has 1 heterocycles. The Hall–Kier alpha value is -1.75. The quantitative estimate of drug-likeness (QED) is 0.892. The highest BCUT2D eigenvalue weighted by atomic mass is 16.5. The molecule has 21 heavy (non-hydrogen) atoms. The maximum atomic E-state index is 12.4. The Morgan fingerprint density at radius 3 is 2.67 bits per heavy atom. The molecule has 0 aliphatic carbocycles. The van der Waals surface area contributed by atoms with E-state index in [1.807, 2.05) is 23.1 Å². The van der Waals surface area contributed by atoms with Gasteiger partial charge >= 0.3 is 0 Å². The highest BCUT2D eigenvalue weighted by molar-refractivity contribution is 5.81. The minimum absolute atomic E-state index is 0.0260. The fourth-order valence-corrected chi connectivity index (χ4v) is 2.41. The Bertz CT molecular complexity index is 484. The molecular weight excluding hydrogens is 268 g/mol. The Labute approximate surface area is 126 Å². The molecule has 1 aliphatic rings. The van der Waals surface area contributed by atoms with Crippen molar-refractivity contribution in [3.63, 3.8) is 0 Å². The highest BCUT2D eigenvalue weighted by Gasteiger charge is 2.24. The van der Waals surface area contributed by atoms with Crippen molar-refractivity contribution in [1.29, 1.82) is 0 Å². The molecule has 0 radical (unpaired) electrons. The van der Waals surface area contributed by atoms with Gasteiger partial charge < -0.3 is 19.7 Å². The molecule has 5 heteroatoms. The van der Waals surface area contributed by atoms with Gasteiger partial charge in [-0.3, -0.25) is 4.79 Å². The lowest BCUT2D eigenvalue weighted by molar-refractivity contribution is -0.138. The first-order valence-corrected chi connectivity index (χ1v) is 7.48. The standard InChI is InChI=1S/C16H24N2O3/c1-4-13-5-6-14(15(11-13)20-3)21-12(2)16(19)18-9-7-17-8-10-18/h5-6,11-12,17H,4,7-10H2,1-3H3. The largest absolute Gasteiger partial charge is 0.493 e. The van der Waals surface area contributed by atoms with Crippen molar-refractivity contribution >= 4 is 5.91 Å². The van der Waals surface area contributed by atoms with Gasteiger partial charge in [0, 0.05) is 26.2 Å². The van der Waals surface area contributed by atoms with Crippen LogP contribution in [-0.2, 0) is 11.2 Å². The fraction of sp³-hybridized carbons (Fsp3) is 0.562. The summed E-state index contributed by atoms with van der Waals surface area (Å²) in [7, 11) is 1.62. The van der Waals surface area contributed by atoms with Gasteiger partial charge in [-0.1, -0.05) is 13.0 Å². The molecule has 5 nitrogen and oxygen atoms in total. The minimum atomic E-state index is -0.510. The summed E-state index contributed by atoms with van der Waals surface area (Å²) >= 11 is 0. The zero-order valence-corrected chi connectivity index (χ0v) is 13.0. The predicted molar refractivity (Wildman–Crippen MR) is 81.9 cm³/mol. The van der Waals surface area contributed by atoms with Crippen LogP contribution in [0.5, 0.6) is 11.5 Å². The number of nitrogens with one attached hydrogen (secondary N) is 1. The zero-order valence-electron chi connectivity index (χ0n) is 13.0. The molecule has 1 atom stereocenters. The number of carbonyl (C=O) groups excluding carboxylic acids is 1. The Morgan fingerprint density at radius 1 is 1.33 bits per heavy atom. The molecule has 0 spiro atoms. The number of hydrogen-bond donors (Lipinski definition) is 1. The number of rotatable bonds is 5. The SMILES string of the molecule is CCc1ccc(OC(C)C(=O)N2CCNCC2)c(OC)c1. The van der Waals surface area contributed by atoms with Crippen molar-refractivity contribution in [2.75, 3.05) is 33.3 Å². The number of amides is 1. The van der Waals surface area contributed by atoms with E-state index in [4.69, 9.17) is 9.47 Å². The second kappa shape index (κ2) is 7.31. The van der Waals surface area contributed by atoms with Crippen molar-refractivity contribution in [3.05, 3.63) is 23.8 Å². The molecular formula is C16H24N2O3. The van der Waals surface area contributed by atoms with Gasteiger partial charge in [-0.05, 0) is 31.0 Å². The molecule has 0 aromatic heterocycles. The van der Waals surface area contributed by atoms with Gasteiger partial charge in [-0.25, -0.2) is 0 Å². The number of aryl methyl sites for hydroxylation is 1. The summed E-state index contributed by atoms with van der Waals surface area (Å²) in [5, 5.41) is 3.23. The normalized spacial score (nSPS) is 16.4. The van der Waals surface area contributed by atoms with E-state index < -0.39 is 6.10 Å². The summed E-state index contributed by atoms with van der Waals surface area (Å²) in [5.74, 6) is 1.32. The molecule has 1 N–H and O–H groups in total. The molecule has 1 amide bonds. The molecule has 1 unspecified atom stereocenters. The Kier molecular flexibility index (Phi) is 5.44. The summed E-state index contributed by atoms with van der Waals surface area (Å²) in [6.07, 6.45) is 0.427. The van der Waals surface area contributed by atoms with Crippen LogP contribution in [0.3, 0.4) is 0 Å². The van der Waals surface area contributed by atoms with E-state index in [9.17, 15) is 4.79 Å². The van der Waals surface area contributed by atoms with E-state index >= 15 is 0 Å². The summed E-state index contributed by atoms with van der Waals surface area (Å²) in [6.45, 7) is 7.03. The molecule has 1 aromatic carbocycles. The van der Waals surface area contributed by atoms with Crippen molar-refractivity contribution in [2.24, 2.45) is 0 Å². The van der Waals surface area contributed by atoms with Crippen LogP contribution >= 0.6 is 0 Å². The molecule has 1 saturated heterocycles. The van der Waals surface area contributed by atoms with E-state index in [-0.39, 0.29) is 5.91 Å². The lowest BCUT2D eigenvalue weighted by Crippen LogP contribution is -2.50. The summed E-state index contributed by atoms with van der Waals surface area (Å²) in [4.78, 5) is 14.2. The van der Waals surface area contributed by atoms with Crippen molar-refractivity contribution < 1.29 is 14.3 Å². The lowest BCUT2D eigenvalue weighted by atomic mass is 10.1. The number of ether oxygens (including phenoxy) is 2. The number of nitrogens with zero attached hydrogens (tertiary/aromatic N) is 1. The van der Waals surface area contributed by atoms with E-state index in [2.05, 4.69) is 12.2 Å². The smallest absolute Gasteiger partial charge is 0.263 e. The Balaban J connectivity index is 2.04. The maximum absolute atomic E-state index is 12.4. The number of piperazine rings is 1. The number of methoxy groups -OCH3 is 1. The van der Waals surface area contributed by atoms with Gasteiger partial charge in [0.15, 0.2) is 17.6 Å². The monoisotopic (exact) mass is 292 g/mol. The topological polar surface area (TPSA) is 50.8 Å². The molecule has 1 aromatic rings. The lowest BCUT2D eigenvalue weighted by Gasteiger charge is -2.30. The summed E-state index contributed by atoms with van der Waals surface area (Å²) in [5.41, 5.74) is 1.18. The van der Waals surface area contributed by atoms with Gasteiger partial charge in [-0.15, -0.1) is 0 Å². The van der Waals surface area contributed by atoms with Crippen molar-refractivity contribution in [1.82, 2.24) is 10.2 Å². The Morgan fingerprint density at radius 2 is 2.05 bits per heavy atom. The second-order valence-corrected chi connectivity index (χ2v) is 5.17. The van der Waals surface area contributed by atoms with Crippen LogP contribution < -0.4 is 14.8 Å². The van der Waals surface area contributed by atoms with Gasteiger partial charge in [0.05, 0.1) is 7.11 Å². The van der Waals surface area contributed by atoms with E-state index in [1.165, 1.54) is 5.56 Å². The molecule has 0 saturated carbocycles. The first-order chi connectivity index (χ1) is 10.2. The van der Waals surface area contributed by atoms with Gasteiger partial charge in [0.2, 0.25) is 0 Å². The van der Waals surface area contributed by atoms with Crippen LogP contribution in [-0.4, -0.2) is 50.2 Å². The third kappa shape index (κ3) is 3.88. The van der Waals surface area contributed by atoms with Crippen molar-refractivity contribution in [3.8, 4) is 11.5 Å². The molecule has 116 valence electrons. The van der Waals surface area contributed by atoms with Crippen LogP contribution in [0, 0.1) is 0 Å². The maximum Gasteiger partial charge on any atom is 0.263 e. The molecule has 1 aliphatic heterocycles. The predicted octanol–water partition coefficient (Wildman–Crippen LogP) is 1.46. The third-order valence-electron chi connectivity index (χ3n) is 3.72. The number of carbonyl (C=O) groups is 1. The molecule has 2 rings (SSSR count). The van der Waals surface area contributed by atoms with E-state index in [0.717, 1.165) is 32.6 Å². The average Bonchev–Trinajstić information content (AvgIpc) is 2.55. The third-order valence-corrected chi connectivity index (χ3v) is 3.72. The van der Waals surface area contributed by atoms with Gasteiger partial charge in [-0.2, -0.15) is 0 Å². The highest BCUT2D eigenvalue weighted by Crippen LogP contribution is 2.29. The first-order valence-electron chi connectivity index (χ1n) is 7.48. The van der Waals surface area contributed by atoms with Crippen LogP contribution in [0.1, 0.15) is 19.4 Å². The average molecular weight is 292 g/mol.